The molecular weight excluding hydrogens is 300 g/mol. The Kier molecular flexibility index (Phi) is 5.49. The van der Waals surface area contributed by atoms with Gasteiger partial charge >= 0.3 is 6.03 Å². The Balaban J connectivity index is 0.000000188. The molecule has 0 saturated heterocycles. The van der Waals surface area contributed by atoms with Gasteiger partial charge in [0.2, 0.25) is 0 Å². The first-order valence-corrected chi connectivity index (χ1v) is 7.30. The molecule has 22 heavy (non-hydrogen) atoms. The highest BCUT2D eigenvalue weighted by Gasteiger charge is 2.09. The lowest BCUT2D eigenvalue weighted by atomic mass is 10.2. The molecule has 1 N–H and O–H groups in total. The molecule has 0 aliphatic heterocycles. The minimum absolute atomic E-state index is 0.338. The number of amides is 1. The van der Waals surface area contributed by atoms with Crippen molar-refractivity contribution in [1.82, 2.24) is 20.3 Å². The summed E-state index contributed by atoms with van der Waals surface area (Å²) in [7, 11) is 1.53. The van der Waals surface area contributed by atoms with Crippen LogP contribution in [0.5, 0.6) is 0 Å². The maximum absolute atomic E-state index is 11.3. The minimum Gasteiger partial charge on any atom is -0.339 e. The Morgan fingerprint density at radius 3 is 2.55 bits per heavy atom. The van der Waals surface area contributed by atoms with E-state index in [-0.39, 0.29) is 6.03 Å². The number of aromatic nitrogens is 3. The Labute approximate surface area is 133 Å². The first-order valence-electron chi connectivity index (χ1n) is 6.92. The molecule has 0 unspecified atom stereocenters. The van der Waals surface area contributed by atoms with Crippen LogP contribution in [0.25, 0.3) is 11.0 Å². The van der Waals surface area contributed by atoms with Crippen LogP contribution in [0.2, 0.25) is 5.02 Å². The average Bonchev–Trinajstić information content (AvgIpc) is 2.98. The average molecular weight is 317 g/mol. The van der Waals surface area contributed by atoms with Gasteiger partial charge in [-0.1, -0.05) is 54.1 Å². The molecule has 1 amide bonds. The van der Waals surface area contributed by atoms with E-state index >= 15 is 0 Å². The van der Waals surface area contributed by atoms with Crippen molar-refractivity contribution in [3.63, 3.8) is 0 Å². The van der Waals surface area contributed by atoms with E-state index in [1.807, 2.05) is 6.07 Å². The number of nitrogens with zero attached hydrogens (tertiary/aromatic N) is 3. The molecule has 3 rings (SSSR count). The van der Waals surface area contributed by atoms with Crippen molar-refractivity contribution >= 4 is 28.7 Å². The largest absolute Gasteiger partial charge is 0.343 e. The first kappa shape index (κ1) is 16.0. The van der Waals surface area contributed by atoms with Crippen LogP contribution in [0.3, 0.4) is 0 Å². The van der Waals surface area contributed by atoms with Crippen LogP contribution in [0, 0.1) is 0 Å². The van der Waals surface area contributed by atoms with Gasteiger partial charge in [0.15, 0.2) is 0 Å². The summed E-state index contributed by atoms with van der Waals surface area (Å²) in [5, 5.41) is 10.5. The molecule has 1 heterocycles. The molecule has 114 valence electrons. The Hall–Kier alpha value is -2.40. The maximum atomic E-state index is 11.3. The smallest absolute Gasteiger partial charge is 0.339 e. The van der Waals surface area contributed by atoms with Gasteiger partial charge in [0.25, 0.3) is 0 Å². The molecule has 0 saturated carbocycles. The van der Waals surface area contributed by atoms with E-state index in [0.29, 0.717) is 16.1 Å². The van der Waals surface area contributed by atoms with E-state index in [9.17, 15) is 4.79 Å². The number of carbonyl (C=O) groups excluding carboxylic acids is 1. The van der Waals surface area contributed by atoms with E-state index in [0.717, 1.165) is 6.42 Å². The highest BCUT2D eigenvalue weighted by molar-refractivity contribution is 6.31. The second-order valence-electron chi connectivity index (χ2n) is 4.53. The molecule has 2 aromatic carbocycles. The number of hydrogen-bond donors (Lipinski definition) is 1. The molecule has 0 bridgehead atoms. The number of halogens is 1. The van der Waals surface area contributed by atoms with Crippen molar-refractivity contribution in [3.05, 3.63) is 59.1 Å². The summed E-state index contributed by atoms with van der Waals surface area (Å²) in [5.41, 5.74) is 2.64. The molecule has 3 aromatic rings. The van der Waals surface area contributed by atoms with Crippen molar-refractivity contribution < 1.29 is 4.79 Å². The van der Waals surface area contributed by atoms with Gasteiger partial charge in [0, 0.05) is 12.1 Å². The fourth-order valence-corrected chi connectivity index (χ4v) is 2.03. The van der Waals surface area contributed by atoms with Gasteiger partial charge in [0.05, 0.1) is 0 Å². The number of rotatable bonds is 1. The molecule has 0 spiro atoms. The zero-order valence-corrected chi connectivity index (χ0v) is 13.2. The van der Waals surface area contributed by atoms with Gasteiger partial charge < -0.3 is 5.32 Å². The first-order chi connectivity index (χ1) is 10.7. The van der Waals surface area contributed by atoms with Gasteiger partial charge in [-0.2, -0.15) is 4.68 Å². The van der Waals surface area contributed by atoms with Crippen molar-refractivity contribution in [3.8, 4) is 0 Å². The van der Waals surface area contributed by atoms with E-state index in [1.54, 1.807) is 18.2 Å². The summed E-state index contributed by atoms with van der Waals surface area (Å²) in [6.45, 7) is 2.16. The second-order valence-corrected chi connectivity index (χ2v) is 4.97. The third-order valence-electron chi connectivity index (χ3n) is 3.06. The van der Waals surface area contributed by atoms with Gasteiger partial charge in [-0.25, -0.2) is 4.79 Å². The van der Waals surface area contributed by atoms with Crippen molar-refractivity contribution in [2.45, 2.75) is 13.3 Å². The number of fused-ring (bicyclic) bond motifs is 1. The zero-order chi connectivity index (χ0) is 15.9. The minimum atomic E-state index is -0.338. The molecule has 5 nitrogen and oxygen atoms in total. The molecule has 0 aliphatic carbocycles. The van der Waals surface area contributed by atoms with Crippen LogP contribution in [-0.4, -0.2) is 28.1 Å². The van der Waals surface area contributed by atoms with E-state index in [2.05, 4.69) is 46.8 Å². The fraction of sp³-hybridized carbons (Fsp3) is 0.188. The van der Waals surface area contributed by atoms with Crippen molar-refractivity contribution in [2.75, 3.05) is 7.05 Å². The zero-order valence-electron chi connectivity index (χ0n) is 12.5. The Morgan fingerprint density at radius 1 is 1.23 bits per heavy atom. The summed E-state index contributed by atoms with van der Waals surface area (Å²) < 4.78 is 1.17. The summed E-state index contributed by atoms with van der Waals surface area (Å²) in [4.78, 5) is 11.3. The van der Waals surface area contributed by atoms with Crippen LogP contribution in [0.15, 0.2) is 48.5 Å². The van der Waals surface area contributed by atoms with Crippen LogP contribution in [0.1, 0.15) is 12.5 Å². The van der Waals surface area contributed by atoms with Gasteiger partial charge in [-0.15, -0.1) is 5.10 Å². The summed E-state index contributed by atoms with van der Waals surface area (Å²) >= 11 is 5.79. The Bertz CT molecular complexity index is 755. The SMILES string of the molecule is CCc1ccccc1.CNC(=O)n1nnc2ccc(Cl)cc21. The van der Waals surface area contributed by atoms with E-state index < -0.39 is 0 Å². The molecule has 0 radical (unpaired) electrons. The standard InChI is InChI=1S/C8H7ClN4O.C8H10/c1-10-8(14)13-7-4-5(9)2-3-6(7)11-12-13;1-2-8-6-4-3-5-7-8/h2-4H,1H3,(H,10,14);3-7H,2H2,1H3. The lowest BCUT2D eigenvalue weighted by Crippen LogP contribution is -2.25. The number of aryl methyl sites for hydroxylation is 1. The second kappa shape index (κ2) is 7.56. The quantitative estimate of drug-likeness (QED) is 0.747. The number of nitrogens with one attached hydrogen (secondary N) is 1. The molecule has 0 aliphatic rings. The topological polar surface area (TPSA) is 59.8 Å². The lowest BCUT2D eigenvalue weighted by molar-refractivity contribution is 0.242. The highest BCUT2D eigenvalue weighted by Crippen LogP contribution is 2.16. The molecular formula is C16H17ClN4O. The van der Waals surface area contributed by atoms with Gasteiger partial charge in [-0.3, -0.25) is 0 Å². The van der Waals surface area contributed by atoms with Crippen molar-refractivity contribution in [2.24, 2.45) is 0 Å². The van der Waals surface area contributed by atoms with Gasteiger partial charge in [0.1, 0.15) is 11.0 Å². The normalized spacial score (nSPS) is 9.95. The van der Waals surface area contributed by atoms with Crippen LogP contribution in [0.4, 0.5) is 4.79 Å². The molecule has 6 heteroatoms. The predicted octanol–water partition coefficient (Wildman–Crippen LogP) is 3.52. The number of carbonyl (C=O) groups is 1. The van der Waals surface area contributed by atoms with Gasteiger partial charge in [-0.05, 0) is 30.2 Å². The van der Waals surface area contributed by atoms with E-state index in [4.69, 9.17) is 11.6 Å². The maximum Gasteiger partial charge on any atom is 0.343 e. The number of benzene rings is 2. The van der Waals surface area contributed by atoms with E-state index in [1.165, 1.54) is 17.3 Å². The number of hydrogen-bond acceptors (Lipinski definition) is 3. The molecule has 0 atom stereocenters. The van der Waals surface area contributed by atoms with Crippen LogP contribution < -0.4 is 5.32 Å². The molecule has 1 aromatic heterocycles. The van der Waals surface area contributed by atoms with Crippen LogP contribution in [-0.2, 0) is 6.42 Å². The predicted molar refractivity (Wildman–Crippen MR) is 88.2 cm³/mol. The summed E-state index contributed by atoms with van der Waals surface area (Å²) in [5.74, 6) is 0. The fourth-order valence-electron chi connectivity index (χ4n) is 1.86. The lowest BCUT2D eigenvalue weighted by Gasteiger charge is -1.98. The third kappa shape index (κ3) is 3.83. The Morgan fingerprint density at radius 2 is 1.95 bits per heavy atom. The van der Waals surface area contributed by atoms with Crippen LogP contribution >= 0.6 is 11.6 Å². The summed E-state index contributed by atoms with van der Waals surface area (Å²) in [6.07, 6.45) is 1.14. The monoisotopic (exact) mass is 316 g/mol. The third-order valence-corrected chi connectivity index (χ3v) is 3.30. The molecule has 0 fully saturated rings. The highest BCUT2D eigenvalue weighted by atomic mass is 35.5. The van der Waals surface area contributed by atoms with Crippen molar-refractivity contribution in [1.29, 1.82) is 0 Å². The summed E-state index contributed by atoms with van der Waals surface area (Å²) in [6, 6.07) is 15.2.